The summed E-state index contributed by atoms with van der Waals surface area (Å²) in [6, 6.07) is 6.15. The molecule has 0 atom stereocenters. The van der Waals surface area contributed by atoms with Crippen molar-refractivity contribution in [2.24, 2.45) is 5.92 Å². The monoisotopic (exact) mass is 395 g/mol. The number of sulfone groups is 1. The lowest BCUT2D eigenvalue weighted by molar-refractivity contribution is -0.113. The van der Waals surface area contributed by atoms with E-state index in [0.29, 0.717) is 11.6 Å². The lowest BCUT2D eigenvalue weighted by atomic mass is 10.2. The largest absolute Gasteiger partial charge is 0.325 e. The number of thioether (sulfide) groups is 1. The fourth-order valence-electron chi connectivity index (χ4n) is 2.43. The minimum Gasteiger partial charge on any atom is -0.325 e. The van der Waals surface area contributed by atoms with E-state index < -0.39 is 9.84 Å². The van der Waals surface area contributed by atoms with E-state index in [2.05, 4.69) is 28.7 Å². The summed E-state index contributed by atoms with van der Waals surface area (Å²) in [6.45, 7) is 9.17. The van der Waals surface area contributed by atoms with E-state index in [-0.39, 0.29) is 16.6 Å². The molecule has 0 bridgehead atoms. The number of hydrogen-bond acceptors (Lipinski definition) is 5. The van der Waals surface area contributed by atoms with E-state index in [4.69, 9.17) is 0 Å². The number of carbonyl (C=O) groups excluding carboxylic acids is 1. The predicted molar refractivity (Wildman–Crippen MR) is 105 cm³/mol. The van der Waals surface area contributed by atoms with E-state index in [9.17, 15) is 13.2 Å². The van der Waals surface area contributed by atoms with Gasteiger partial charge >= 0.3 is 0 Å². The number of hydrogen-bond donors (Lipinski definition) is 1. The number of nitrogens with one attached hydrogen (secondary N) is 1. The van der Waals surface area contributed by atoms with E-state index in [1.807, 2.05) is 13.8 Å². The van der Waals surface area contributed by atoms with Gasteiger partial charge < -0.3 is 9.88 Å². The van der Waals surface area contributed by atoms with Crippen molar-refractivity contribution in [1.29, 1.82) is 0 Å². The Bertz CT molecular complexity index is 885. The molecule has 1 amide bonds. The Morgan fingerprint density at radius 3 is 2.38 bits per heavy atom. The lowest BCUT2D eigenvalue weighted by Gasteiger charge is -2.12. The highest BCUT2D eigenvalue weighted by molar-refractivity contribution is 7.99. The summed E-state index contributed by atoms with van der Waals surface area (Å²) in [7, 11) is -3.24. The van der Waals surface area contributed by atoms with Crippen molar-refractivity contribution in [1.82, 2.24) is 9.55 Å². The van der Waals surface area contributed by atoms with Crippen molar-refractivity contribution in [3.63, 3.8) is 0 Å². The van der Waals surface area contributed by atoms with Gasteiger partial charge in [-0.2, -0.15) is 0 Å². The standard InChI is InChI=1S/C18H25N3O3S2/c1-12(2)10-21-14(4)13(3)19-18(21)25-11-17(22)20-15-6-8-16(9-7-15)26(5,23)24/h6-9,12H,10-11H2,1-5H3,(H,20,22). The first-order chi connectivity index (χ1) is 12.1. The molecule has 0 unspecified atom stereocenters. The highest BCUT2D eigenvalue weighted by Crippen LogP contribution is 2.23. The van der Waals surface area contributed by atoms with Crippen LogP contribution in [0.25, 0.3) is 0 Å². The molecule has 1 aromatic heterocycles. The number of anilines is 1. The Morgan fingerprint density at radius 1 is 1.23 bits per heavy atom. The zero-order valence-corrected chi connectivity index (χ0v) is 17.4. The second-order valence-corrected chi connectivity index (χ2v) is 9.66. The van der Waals surface area contributed by atoms with Gasteiger partial charge in [0.25, 0.3) is 0 Å². The SMILES string of the molecule is Cc1nc(SCC(=O)Nc2ccc(S(C)(=O)=O)cc2)n(CC(C)C)c1C. The quantitative estimate of drug-likeness (QED) is 0.728. The second kappa shape index (κ2) is 8.26. The summed E-state index contributed by atoms with van der Waals surface area (Å²) in [5, 5.41) is 3.62. The van der Waals surface area contributed by atoms with Crippen LogP contribution in [-0.2, 0) is 21.2 Å². The Balaban J connectivity index is 2.00. The Labute approximate surface area is 159 Å². The summed E-state index contributed by atoms with van der Waals surface area (Å²) in [4.78, 5) is 17.0. The third-order valence-corrected chi connectivity index (χ3v) is 5.97. The zero-order chi connectivity index (χ0) is 19.5. The summed E-state index contributed by atoms with van der Waals surface area (Å²) in [5.41, 5.74) is 2.67. The van der Waals surface area contributed by atoms with Crippen LogP contribution < -0.4 is 5.32 Å². The fraction of sp³-hybridized carbons (Fsp3) is 0.444. The first-order valence-corrected chi connectivity index (χ1v) is 11.2. The Hall–Kier alpha value is -1.80. The molecular weight excluding hydrogens is 370 g/mol. The van der Waals surface area contributed by atoms with E-state index in [1.165, 1.54) is 23.9 Å². The summed E-state index contributed by atoms with van der Waals surface area (Å²) in [5.74, 6) is 0.572. The number of amides is 1. The number of nitrogens with zero attached hydrogens (tertiary/aromatic N) is 2. The topological polar surface area (TPSA) is 81.1 Å². The smallest absolute Gasteiger partial charge is 0.234 e. The van der Waals surface area contributed by atoms with Crippen molar-refractivity contribution in [2.45, 2.75) is 44.3 Å². The molecule has 2 aromatic rings. The number of imidazole rings is 1. The number of aromatic nitrogens is 2. The molecule has 0 aliphatic heterocycles. The first kappa shape index (κ1) is 20.5. The van der Waals surface area contributed by atoms with Crippen LogP contribution in [0.15, 0.2) is 34.3 Å². The first-order valence-electron chi connectivity index (χ1n) is 8.34. The van der Waals surface area contributed by atoms with Gasteiger partial charge in [-0.25, -0.2) is 13.4 Å². The van der Waals surface area contributed by atoms with Crippen LogP contribution in [0.5, 0.6) is 0 Å². The second-order valence-electron chi connectivity index (χ2n) is 6.70. The fourth-order valence-corrected chi connectivity index (χ4v) is 3.96. The molecule has 1 heterocycles. The maximum absolute atomic E-state index is 12.2. The van der Waals surface area contributed by atoms with Gasteiger partial charge in [0.2, 0.25) is 5.91 Å². The van der Waals surface area contributed by atoms with Crippen molar-refractivity contribution in [3.05, 3.63) is 35.7 Å². The molecule has 0 aliphatic carbocycles. The minimum atomic E-state index is -3.24. The zero-order valence-electron chi connectivity index (χ0n) is 15.7. The molecule has 0 spiro atoms. The van der Waals surface area contributed by atoms with Crippen LogP contribution in [0.2, 0.25) is 0 Å². The molecule has 1 aromatic carbocycles. The minimum absolute atomic E-state index is 0.156. The van der Waals surface area contributed by atoms with Gasteiger partial charge in [0.15, 0.2) is 15.0 Å². The highest BCUT2D eigenvalue weighted by Gasteiger charge is 2.14. The maximum atomic E-state index is 12.2. The van der Waals surface area contributed by atoms with Gasteiger partial charge in [-0.05, 0) is 44.0 Å². The molecular formula is C18H25N3O3S2. The third-order valence-electron chi connectivity index (χ3n) is 3.87. The molecule has 1 N–H and O–H groups in total. The van der Waals surface area contributed by atoms with Crippen LogP contribution in [0.1, 0.15) is 25.2 Å². The number of aryl methyl sites for hydroxylation is 1. The van der Waals surface area contributed by atoms with Gasteiger partial charge in [-0.1, -0.05) is 25.6 Å². The highest BCUT2D eigenvalue weighted by atomic mass is 32.2. The van der Waals surface area contributed by atoms with Crippen molar-refractivity contribution in [2.75, 3.05) is 17.3 Å². The van der Waals surface area contributed by atoms with Gasteiger partial charge in [0.1, 0.15) is 0 Å². The summed E-state index contributed by atoms with van der Waals surface area (Å²) in [6.07, 6.45) is 1.15. The molecule has 0 fully saturated rings. The lowest BCUT2D eigenvalue weighted by Crippen LogP contribution is -2.15. The Morgan fingerprint density at radius 2 is 1.85 bits per heavy atom. The third kappa shape index (κ3) is 5.35. The van der Waals surface area contributed by atoms with E-state index in [0.717, 1.165) is 29.3 Å². The van der Waals surface area contributed by atoms with Crippen LogP contribution in [-0.4, -0.2) is 35.9 Å². The molecule has 6 nitrogen and oxygen atoms in total. The molecule has 0 aliphatic rings. The van der Waals surface area contributed by atoms with Gasteiger partial charge in [-0.3, -0.25) is 4.79 Å². The maximum Gasteiger partial charge on any atom is 0.234 e. The molecule has 26 heavy (non-hydrogen) atoms. The molecule has 2 rings (SSSR count). The van der Waals surface area contributed by atoms with Crippen molar-refractivity contribution in [3.8, 4) is 0 Å². The van der Waals surface area contributed by atoms with Gasteiger partial charge in [0, 0.05) is 24.2 Å². The number of rotatable bonds is 7. The summed E-state index contributed by atoms with van der Waals surface area (Å²) < 4.78 is 25.1. The summed E-state index contributed by atoms with van der Waals surface area (Å²) >= 11 is 1.40. The van der Waals surface area contributed by atoms with Crippen molar-refractivity contribution < 1.29 is 13.2 Å². The number of carbonyl (C=O) groups is 1. The van der Waals surface area contributed by atoms with Gasteiger partial charge in [0.05, 0.1) is 16.3 Å². The molecule has 0 saturated carbocycles. The van der Waals surface area contributed by atoms with Crippen LogP contribution in [0.4, 0.5) is 5.69 Å². The average molecular weight is 396 g/mol. The molecule has 8 heteroatoms. The van der Waals surface area contributed by atoms with E-state index in [1.54, 1.807) is 12.1 Å². The van der Waals surface area contributed by atoms with Crippen LogP contribution in [0, 0.1) is 19.8 Å². The predicted octanol–water partition coefficient (Wildman–Crippen LogP) is 3.29. The average Bonchev–Trinajstić information content (AvgIpc) is 2.80. The van der Waals surface area contributed by atoms with Gasteiger partial charge in [-0.15, -0.1) is 0 Å². The molecule has 0 saturated heterocycles. The molecule has 142 valence electrons. The van der Waals surface area contributed by atoms with Crippen LogP contribution in [0.3, 0.4) is 0 Å². The van der Waals surface area contributed by atoms with Crippen LogP contribution >= 0.6 is 11.8 Å². The Kier molecular flexibility index (Phi) is 6.52. The number of benzene rings is 1. The normalized spacial score (nSPS) is 11.8. The van der Waals surface area contributed by atoms with Crippen molar-refractivity contribution >= 4 is 33.2 Å². The molecule has 0 radical (unpaired) electrons. The van der Waals surface area contributed by atoms with E-state index >= 15 is 0 Å².